The van der Waals surface area contributed by atoms with Crippen molar-refractivity contribution in [2.45, 2.75) is 38.8 Å². The van der Waals surface area contributed by atoms with E-state index < -0.39 is 11.9 Å². The topological polar surface area (TPSA) is 132 Å². The number of carbonyl (C=O) groups is 3. The predicted molar refractivity (Wildman–Crippen MR) is 169 cm³/mol. The van der Waals surface area contributed by atoms with Crippen molar-refractivity contribution in [1.82, 2.24) is 4.90 Å². The highest BCUT2D eigenvalue weighted by Gasteiger charge is 2.19. The third kappa shape index (κ3) is 8.35. The van der Waals surface area contributed by atoms with Crippen molar-refractivity contribution in [3.63, 3.8) is 0 Å². The number of amides is 1. The van der Waals surface area contributed by atoms with E-state index in [9.17, 15) is 19.5 Å². The number of ether oxygens (including phenoxy) is 4. The lowest BCUT2D eigenvalue weighted by Gasteiger charge is -2.19. The van der Waals surface area contributed by atoms with Crippen molar-refractivity contribution in [1.29, 1.82) is 0 Å². The quantitative estimate of drug-likeness (QED) is 0.148. The molecule has 10 heteroatoms. The highest BCUT2D eigenvalue weighted by molar-refractivity contribution is 5.96. The Morgan fingerprint density at radius 3 is 2.37 bits per heavy atom. The van der Waals surface area contributed by atoms with Gasteiger partial charge in [0.05, 0.1) is 6.61 Å². The number of nitrogens with zero attached hydrogens (tertiary/aromatic N) is 1. The Hall–Kier alpha value is -5.51. The number of benzene rings is 4. The molecule has 0 saturated heterocycles. The molecular weight excluding hydrogens is 590 g/mol. The molecular formula is C36H35NO9. The molecule has 2 N–H and O–H groups in total. The fraction of sp³-hybridized carbons (Fsp3) is 0.250. The second kappa shape index (κ2) is 15.0. The number of carboxylic acid groups (broad SMARTS) is 2. The van der Waals surface area contributed by atoms with Crippen LogP contribution in [0.2, 0.25) is 0 Å². The standard InChI is InChI=1S/C36H35NO9/c1-37(21-24-7-3-2-4-8-24)36(42)28-17-27(25-12-14-32-33(20-25)46-23-45-32)18-29(19-28)44-22-26-9-5-10-31(30(26)13-15-35(40)41)43-16-6-11-34(38)39/h2-5,7-10,12,14,17-20H,6,11,13,15-16,21-23H2,1H3,(H,38,39)(H,40,41). The SMILES string of the molecule is CN(Cc1ccccc1)C(=O)c1cc(OCc2cccc(OCCCC(=O)O)c2CCC(=O)O)cc(-c2ccc3c(c2)OCO3)c1. The van der Waals surface area contributed by atoms with Gasteiger partial charge in [0.2, 0.25) is 6.79 Å². The normalized spacial score (nSPS) is 11.6. The van der Waals surface area contributed by atoms with Crippen LogP contribution < -0.4 is 18.9 Å². The molecule has 0 aromatic heterocycles. The van der Waals surface area contributed by atoms with Crippen molar-refractivity contribution < 1.29 is 43.5 Å². The smallest absolute Gasteiger partial charge is 0.303 e. The fourth-order valence-electron chi connectivity index (χ4n) is 5.16. The number of carbonyl (C=O) groups excluding carboxylic acids is 1. The van der Waals surface area contributed by atoms with Gasteiger partial charge >= 0.3 is 11.9 Å². The van der Waals surface area contributed by atoms with Gasteiger partial charge in [0, 0.05) is 37.6 Å². The van der Waals surface area contributed by atoms with Gasteiger partial charge in [-0.2, -0.15) is 0 Å². The first-order valence-corrected chi connectivity index (χ1v) is 14.9. The molecule has 0 saturated carbocycles. The van der Waals surface area contributed by atoms with E-state index in [2.05, 4.69) is 0 Å². The van der Waals surface area contributed by atoms with Crippen LogP contribution in [-0.4, -0.2) is 53.4 Å². The van der Waals surface area contributed by atoms with Crippen LogP contribution in [0.3, 0.4) is 0 Å². The minimum absolute atomic E-state index is 0.0332. The van der Waals surface area contributed by atoms with Gasteiger partial charge in [-0.15, -0.1) is 0 Å². The van der Waals surface area contributed by atoms with Crippen molar-refractivity contribution in [2.24, 2.45) is 0 Å². The maximum Gasteiger partial charge on any atom is 0.303 e. The molecule has 0 fully saturated rings. The highest BCUT2D eigenvalue weighted by Crippen LogP contribution is 2.37. The molecule has 4 aromatic carbocycles. The van der Waals surface area contributed by atoms with Crippen LogP contribution in [0.25, 0.3) is 11.1 Å². The number of aliphatic carboxylic acids is 2. The molecule has 5 rings (SSSR count). The third-order valence-electron chi connectivity index (χ3n) is 7.47. The van der Waals surface area contributed by atoms with E-state index in [1.54, 1.807) is 30.1 Å². The summed E-state index contributed by atoms with van der Waals surface area (Å²) in [6.07, 6.45) is 0.369. The minimum Gasteiger partial charge on any atom is -0.493 e. The Balaban J connectivity index is 1.43. The molecule has 0 atom stereocenters. The molecule has 4 aromatic rings. The maximum atomic E-state index is 13.7. The maximum absolute atomic E-state index is 13.7. The summed E-state index contributed by atoms with van der Waals surface area (Å²) >= 11 is 0. The summed E-state index contributed by atoms with van der Waals surface area (Å²) in [5.41, 5.74) is 4.39. The number of rotatable bonds is 15. The Morgan fingerprint density at radius 1 is 0.804 bits per heavy atom. The van der Waals surface area contributed by atoms with Crippen molar-refractivity contribution in [3.8, 4) is 34.1 Å². The Morgan fingerprint density at radius 2 is 1.59 bits per heavy atom. The fourth-order valence-corrected chi connectivity index (χ4v) is 5.16. The number of fused-ring (bicyclic) bond motifs is 1. The van der Waals surface area contributed by atoms with Crippen LogP contribution in [0.4, 0.5) is 0 Å². The van der Waals surface area contributed by atoms with E-state index in [0.717, 1.165) is 22.3 Å². The first kappa shape index (κ1) is 31.9. The molecule has 0 spiro atoms. The second-order valence-corrected chi connectivity index (χ2v) is 10.9. The molecule has 1 aliphatic rings. The van der Waals surface area contributed by atoms with Crippen molar-refractivity contribution >= 4 is 17.8 Å². The molecule has 46 heavy (non-hydrogen) atoms. The zero-order chi connectivity index (χ0) is 32.5. The van der Waals surface area contributed by atoms with Crippen LogP contribution in [0.5, 0.6) is 23.0 Å². The van der Waals surface area contributed by atoms with Gasteiger partial charge in [-0.25, -0.2) is 0 Å². The van der Waals surface area contributed by atoms with Crippen molar-refractivity contribution in [3.05, 3.63) is 107 Å². The van der Waals surface area contributed by atoms with Crippen LogP contribution >= 0.6 is 0 Å². The van der Waals surface area contributed by atoms with Gasteiger partial charge < -0.3 is 34.1 Å². The highest BCUT2D eigenvalue weighted by atomic mass is 16.7. The lowest BCUT2D eigenvalue weighted by atomic mass is 10.0. The Bertz CT molecular complexity index is 1700. The van der Waals surface area contributed by atoms with Gasteiger partial charge in [-0.1, -0.05) is 48.5 Å². The van der Waals surface area contributed by atoms with Crippen molar-refractivity contribution in [2.75, 3.05) is 20.4 Å². The molecule has 0 radical (unpaired) electrons. The Kier molecular flexibility index (Phi) is 10.4. The molecule has 1 aliphatic heterocycles. The minimum atomic E-state index is -0.952. The lowest BCUT2D eigenvalue weighted by Crippen LogP contribution is -2.26. The Labute approximate surface area is 266 Å². The molecule has 0 bridgehead atoms. The lowest BCUT2D eigenvalue weighted by molar-refractivity contribution is -0.138. The summed E-state index contributed by atoms with van der Waals surface area (Å²) in [7, 11) is 1.75. The zero-order valence-electron chi connectivity index (χ0n) is 25.4. The summed E-state index contributed by atoms with van der Waals surface area (Å²) in [5, 5.41) is 18.3. The van der Waals surface area contributed by atoms with E-state index in [1.807, 2.05) is 66.7 Å². The van der Waals surface area contributed by atoms with E-state index in [-0.39, 0.29) is 45.2 Å². The van der Waals surface area contributed by atoms with Gasteiger partial charge in [-0.05, 0) is 71.5 Å². The van der Waals surface area contributed by atoms with Gasteiger partial charge in [0.1, 0.15) is 18.1 Å². The largest absolute Gasteiger partial charge is 0.493 e. The number of hydrogen-bond acceptors (Lipinski definition) is 7. The van der Waals surface area contributed by atoms with Crippen LogP contribution in [0, 0.1) is 0 Å². The van der Waals surface area contributed by atoms with Crippen LogP contribution in [-0.2, 0) is 29.2 Å². The third-order valence-corrected chi connectivity index (χ3v) is 7.47. The molecule has 238 valence electrons. The first-order valence-electron chi connectivity index (χ1n) is 14.9. The predicted octanol–water partition coefficient (Wildman–Crippen LogP) is 6.19. The molecule has 0 aliphatic carbocycles. The summed E-state index contributed by atoms with van der Waals surface area (Å²) in [4.78, 5) is 37.7. The second-order valence-electron chi connectivity index (χ2n) is 10.9. The van der Waals surface area contributed by atoms with Crippen LogP contribution in [0.1, 0.15) is 46.3 Å². The van der Waals surface area contributed by atoms with Crippen LogP contribution in [0.15, 0.2) is 84.9 Å². The average Bonchev–Trinajstić information content (AvgIpc) is 3.53. The molecule has 1 amide bonds. The van der Waals surface area contributed by atoms with Gasteiger partial charge in [0.15, 0.2) is 11.5 Å². The summed E-state index contributed by atoms with van der Waals surface area (Å²) in [6.45, 7) is 0.828. The number of carboxylic acids is 2. The van der Waals surface area contributed by atoms with E-state index >= 15 is 0 Å². The molecule has 1 heterocycles. The van der Waals surface area contributed by atoms with Gasteiger partial charge in [-0.3, -0.25) is 14.4 Å². The average molecular weight is 626 g/mol. The first-order chi connectivity index (χ1) is 22.3. The molecule has 0 unspecified atom stereocenters. The van der Waals surface area contributed by atoms with E-state index in [4.69, 9.17) is 24.1 Å². The molecule has 10 nitrogen and oxygen atoms in total. The zero-order valence-corrected chi connectivity index (χ0v) is 25.4. The summed E-state index contributed by atoms with van der Waals surface area (Å²) < 4.78 is 23.2. The van der Waals surface area contributed by atoms with E-state index in [1.165, 1.54) is 0 Å². The van der Waals surface area contributed by atoms with Gasteiger partial charge in [0.25, 0.3) is 5.91 Å². The summed E-state index contributed by atoms with van der Waals surface area (Å²) in [6, 6.07) is 26.0. The summed E-state index contributed by atoms with van der Waals surface area (Å²) in [5.74, 6) is 0.143. The monoisotopic (exact) mass is 625 g/mol. The van der Waals surface area contributed by atoms with E-state index in [0.29, 0.717) is 47.1 Å². The number of hydrogen-bond donors (Lipinski definition) is 2.